The Morgan fingerprint density at radius 3 is 3.13 bits per heavy atom. The fourth-order valence-electron chi connectivity index (χ4n) is 2.35. The smallest absolute Gasteiger partial charge is 0.0951 e. The molecule has 0 aromatic carbocycles. The lowest BCUT2D eigenvalue weighted by Gasteiger charge is -2.37. The van der Waals surface area contributed by atoms with E-state index in [1.807, 2.05) is 6.92 Å². The van der Waals surface area contributed by atoms with E-state index in [-0.39, 0.29) is 5.60 Å². The molecule has 2 aliphatic heterocycles. The number of rotatable bonds is 2. The summed E-state index contributed by atoms with van der Waals surface area (Å²) < 4.78 is 11.3. The minimum absolute atomic E-state index is 0.00948. The first kappa shape index (κ1) is 10.9. The third-order valence-corrected chi connectivity index (χ3v) is 3.22. The second-order valence-electron chi connectivity index (χ2n) is 4.33. The van der Waals surface area contributed by atoms with Crippen LogP contribution in [0, 0.1) is 11.8 Å². The predicted octanol–water partition coefficient (Wildman–Crippen LogP) is 0.937. The van der Waals surface area contributed by atoms with Crippen molar-refractivity contribution in [1.29, 1.82) is 0 Å². The standard InChI is InChI=1S/C12H19NO2/c1-2-3-6-13-11-4-7-15-12(9-11)5-8-14-10-12/h11,13H,4-10H2,1H3. The summed E-state index contributed by atoms with van der Waals surface area (Å²) in [6.45, 7) is 5.13. The molecule has 0 bridgehead atoms. The lowest BCUT2D eigenvalue weighted by atomic mass is 9.90. The van der Waals surface area contributed by atoms with Crippen LogP contribution in [0.4, 0.5) is 0 Å². The topological polar surface area (TPSA) is 30.5 Å². The monoisotopic (exact) mass is 209 g/mol. The molecule has 2 atom stereocenters. The van der Waals surface area contributed by atoms with Gasteiger partial charge in [0.15, 0.2) is 0 Å². The molecule has 3 heteroatoms. The second-order valence-corrected chi connectivity index (χ2v) is 4.33. The summed E-state index contributed by atoms with van der Waals surface area (Å²) in [7, 11) is 0. The van der Waals surface area contributed by atoms with Gasteiger partial charge in [-0.15, -0.1) is 5.92 Å². The van der Waals surface area contributed by atoms with Crippen LogP contribution in [0.15, 0.2) is 0 Å². The zero-order valence-corrected chi connectivity index (χ0v) is 9.34. The van der Waals surface area contributed by atoms with Crippen LogP contribution in [0.5, 0.6) is 0 Å². The van der Waals surface area contributed by atoms with Gasteiger partial charge in [0.05, 0.1) is 18.8 Å². The molecular formula is C12H19NO2. The molecule has 2 saturated heterocycles. The van der Waals surface area contributed by atoms with E-state index in [9.17, 15) is 0 Å². The molecule has 0 aliphatic carbocycles. The highest BCUT2D eigenvalue weighted by Gasteiger charge is 2.40. The van der Waals surface area contributed by atoms with E-state index < -0.39 is 0 Å². The summed E-state index contributed by atoms with van der Waals surface area (Å²) in [6.07, 6.45) is 3.20. The van der Waals surface area contributed by atoms with Crippen molar-refractivity contribution < 1.29 is 9.47 Å². The SMILES string of the molecule is CC#CCNC1CCOC2(CCOC2)C1. The Morgan fingerprint density at radius 2 is 2.40 bits per heavy atom. The highest BCUT2D eigenvalue weighted by atomic mass is 16.6. The van der Waals surface area contributed by atoms with E-state index in [0.29, 0.717) is 6.04 Å². The molecule has 0 radical (unpaired) electrons. The van der Waals surface area contributed by atoms with Crippen molar-refractivity contribution >= 4 is 0 Å². The van der Waals surface area contributed by atoms with Crippen molar-refractivity contribution in [2.24, 2.45) is 0 Å². The summed E-state index contributed by atoms with van der Waals surface area (Å²) in [6, 6.07) is 0.543. The lowest BCUT2D eigenvalue weighted by Crippen LogP contribution is -2.47. The summed E-state index contributed by atoms with van der Waals surface area (Å²) in [5, 5.41) is 3.46. The molecule has 2 aliphatic rings. The van der Waals surface area contributed by atoms with Crippen molar-refractivity contribution in [3.05, 3.63) is 0 Å². The van der Waals surface area contributed by atoms with Crippen LogP contribution in [0.1, 0.15) is 26.2 Å². The number of hydrogen-bond acceptors (Lipinski definition) is 3. The van der Waals surface area contributed by atoms with Gasteiger partial charge in [-0.25, -0.2) is 0 Å². The minimum Gasteiger partial charge on any atom is -0.378 e. The van der Waals surface area contributed by atoms with Crippen molar-refractivity contribution in [2.75, 3.05) is 26.4 Å². The lowest BCUT2D eigenvalue weighted by molar-refractivity contribution is -0.0888. The third-order valence-electron chi connectivity index (χ3n) is 3.22. The Bertz CT molecular complexity index is 261. The quantitative estimate of drug-likeness (QED) is 0.687. The van der Waals surface area contributed by atoms with Crippen LogP contribution in [0.3, 0.4) is 0 Å². The maximum absolute atomic E-state index is 5.86. The van der Waals surface area contributed by atoms with Crippen molar-refractivity contribution in [3.8, 4) is 11.8 Å². The van der Waals surface area contributed by atoms with Crippen LogP contribution in [-0.4, -0.2) is 38.0 Å². The Kier molecular flexibility index (Phi) is 3.63. The van der Waals surface area contributed by atoms with Gasteiger partial charge in [-0.2, -0.15) is 0 Å². The molecule has 0 amide bonds. The highest BCUT2D eigenvalue weighted by molar-refractivity contribution is 4.99. The predicted molar refractivity (Wildman–Crippen MR) is 58.6 cm³/mol. The number of hydrogen-bond donors (Lipinski definition) is 1. The van der Waals surface area contributed by atoms with Crippen LogP contribution in [0.25, 0.3) is 0 Å². The van der Waals surface area contributed by atoms with E-state index >= 15 is 0 Å². The van der Waals surface area contributed by atoms with Gasteiger partial charge in [0, 0.05) is 25.7 Å². The van der Waals surface area contributed by atoms with E-state index in [2.05, 4.69) is 17.2 Å². The van der Waals surface area contributed by atoms with Crippen LogP contribution >= 0.6 is 0 Å². The van der Waals surface area contributed by atoms with Gasteiger partial charge in [-0.3, -0.25) is 0 Å². The molecular weight excluding hydrogens is 190 g/mol. The molecule has 2 rings (SSSR count). The van der Waals surface area contributed by atoms with Crippen LogP contribution < -0.4 is 5.32 Å². The average Bonchev–Trinajstić information content (AvgIpc) is 2.67. The fraction of sp³-hybridized carbons (Fsp3) is 0.833. The van der Waals surface area contributed by atoms with E-state index in [0.717, 1.165) is 45.6 Å². The van der Waals surface area contributed by atoms with Gasteiger partial charge in [-0.05, 0) is 19.8 Å². The largest absolute Gasteiger partial charge is 0.378 e. The van der Waals surface area contributed by atoms with Gasteiger partial charge >= 0.3 is 0 Å². The molecule has 84 valence electrons. The van der Waals surface area contributed by atoms with Gasteiger partial charge in [-0.1, -0.05) is 5.92 Å². The Labute approximate surface area is 91.5 Å². The molecule has 0 saturated carbocycles. The first-order chi connectivity index (χ1) is 7.35. The molecule has 2 fully saturated rings. The van der Waals surface area contributed by atoms with E-state index in [4.69, 9.17) is 9.47 Å². The minimum atomic E-state index is 0.00948. The maximum Gasteiger partial charge on any atom is 0.0951 e. The second kappa shape index (κ2) is 4.98. The molecule has 0 aromatic rings. The third kappa shape index (κ3) is 2.72. The van der Waals surface area contributed by atoms with Gasteiger partial charge < -0.3 is 14.8 Å². The summed E-state index contributed by atoms with van der Waals surface area (Å²) in [4.78, 5) is 0. The van der Waals surface area contributed by atoms with Crippen molar-refractivity contribution in [1.82, 2.24) is 5.32 Å². The van der Waals surface area contributed by atoms with Gasteiger partial charge in [0.1, 0.15) is 0 Å². The zero-order valence-electron chi connectivity index (χ0n) is 9.34. The van der Waals surface area contributed by atoms with Gasteiger partial charge in [0.2, 0.25) is 0 Å². The normalized spacial score (nSPS) is 35.1. The van der Waals surface area contributed by atoms with Crippen molar-refractivity contribution in [2.45, 2.75) is 37.8 Å². The molecule has 0 aromatic heterocycles. The van der Waals surface area contributed by atoms with Gasteiger partial charge in [0.25, 0.3) is 0 Å². The molecule has 1 N–H and O–H groups in total. The molecule has 15 heavy (non-hydrogen) atoms. The molecule has 2 unspecified atom stereocenters. The summed E-state index contributed by atoms with van der Waals surface area (Å²) >= 11 is 0. The van der Waals surface area contributed by atoms with E-state index in [1.54, 1.807) is 0 Å². The zero-order chi connectivity index (χ0) is 10.6. The van der Waals surface area contributed by atoms with E-state index in [1.165, 1.54) is 0 Å². The average molecular weight is 209 g/mol. The molecule has 3 nitrogen and oxygen atoms in total. The van der Waals surface area contributed by atoms with Crippen LogP contribution in [0.2, 0.25) is 0 Å². The number of nitrogens with one attached hydrogen (secondary N) is 1. The Balaban J connectivity index is 1.83. The first-order valence-electron chi connectivity index (χ1n) is 5.69. The van der Waals surface area contributed by atoms with Crippen LogP contribution in [-0.2, 0) is 9.47 Å². The first-order valence-corrected chi connectivity index (χ1v) is 5.69. The highest BCUT2D eigenvalue weighted by Crippen LogP contribution is 2.32. The summed E-state index contributed by atoms with van der Waals surface area (Å²) in [5.74, 6) is 5.94. The molecule has 1 spiro atoms. The number of ether oxygens (including phenoxy) is 2. The Morgan fingerprint density at radius 1 is 1.47 bits per heavy atom. The van der Waals surface area contributed by atoms with Crippen molar-refractivity contribution in [3.63, 3.8) is 0 Å². The fourth-order valence-corrected chi connectivity index (χ4v) is 2.35. The maximum atomic E-state index is 5.86. The molecule has 2 heterocycles. The Hall–Kier alpha value is -0.560. The summed E-state index contributed by atoms with van der Waals surface area (Å²) in [5.41, 5.74) is 0.00948.